The largest absolute Gasteiger partial charge is 0.391 e. The fraction of sp³-hybridized carbons (Fsp3) is 0.222. The molecule has 0 aliphatic heterocycles. The molecule has 0 unspecified atom stereocenters. The van der Waals surface area contributed by atoms with E-state index in [0.29, 0.717) is 6.42 Å². The van der Waals surface area contributed by atoms with Crippen molar-refractivity contribution in [3.05, 3.63) is 41.2 Å². The fourth-order valence-corrected chi connectivity index (χ4v) is 1.30. The van der Waals surface area contributed by atoms with Crippen LogP contribution in [0, 0.1) is 44.7 Å². The van der Waals surface area contributed by atoms with Crippen LogP contribution in [0.1, 0.15) is 18.1 Å². The van der Waals surface area contributed by atoms with Gasteiger partial charge in [0.15, 0.2) is 0 Å². The Morgan fingerprint density at radius 3 is 2.67 bits per heavy atom. The third kappa shape index (κ3) is 3.75. The van der Waals surface area contributed by atoms with E-state index >= 15 is 0 Å². The van der Waals surface area contributed by atoms with Crippen LogP contribution in [0.3, 0.4) is 0 Å². The van der Waals surface area contributed by atoms with Crippen LogP contribution in [0.5, 0.6) is 0 Å². The summed E-state index contributed by atoms with van der Waals surface area (Å²) >= 11 is 3.33. The van der Waals surface area contributed by atoms with Gasteiger partial charge in [0.05, 0.1) is 6.10 Å². The normalized spacial score (nSPS) is 11.9. The van der Waals surface area contributed by atoms with E-state index in [0.717, 1.165) is 10.0 Å². The fourth-order valence-electron chi connectivity index (χ4n) is 0.881. The summed E-state index contributed by atoms with van der Waals surface area (Å²) in [6.07, 6.45) is 0.0729. The molecule has 0 amide bonds. The van der Waals surface area contributed by atoms with Crippen molar-refractivity contribution in [2.45, 2.75) is 12.5 Å². The van der Waals surface area contributed by atoms with Crippen molar-refractivity contribution in [1.82, 2.24) is 0 Å². The first-order valence-corrected chi connectivity index (χ1v) is 4.26. The maximum absolute atomic E-state index is 9.37. The summed E-state index contributed by atoms with van der Waals surface area (Å²) in [7, 11) is 0. The minimum atomic E-state index is -0.438. The molecule has 0 aromatic heterocycles. The molecule has 0 saturated heterocycles. The molecule has 12 heavy (non-hydrogen) atoms. The monoisotopic (exact) mass is 378 g/mol. The third-order valence-corrected chi connectivity index (χ3v) is 2.00. The molecule has 0 fully saturated rings. The third-order valence-electron chi connectivity index (χ3n) is 1.51. The molecule has 0 spiro atoms. The van der Waals surface area contributed by atoms with E-state index < -0.39 is 6.10 Å². The van der Waals surface area contributed by atoms with Crippen LogP contribution in [0.4, 0.5) is 0 Å². The average molecular weight is 379 g/mol. The van der Waals surface area contributed by atoms with Crippen molar-refractivity contribution in [1.29, 1.82) is 0 Å². The molecule has 0 aliphatic rings. The van der Waals surface area contributed by atoms with Crippen LogP contribution in [-0.2, 0) is 0 Å². The van der Waals surface area contributed by atoms with Crippen LogP contribution >= 0.6 is 15.9 Å². The van der Waals surface area contributed by atoms with Gasteiger partial charge in [0.25, 0.3) is 0 Å². The minimum Gasteiger partial charge on any atom is -0.391 e. The zero-order chi connectivity index (χ0) is 8.27. The molecule has 0 heterocycles. The molecule has 1 radical (unpaired) electrons. The second kappa shape index (κ2) is 6.39. The van der Waals surface area contributed by atoms with Gasteiger partial charge in [-0.2, -0.15) is 6.42 Å². The Bertz CT molecular complexity index is 240. The zero-order valence-electron chi connectivity index (χ0n) is 6.43. The van der Waals surface area contributed by atoms with E-state index in [1.165, 1.54) is 0 Å². The quantitative estimate of drug-likeness (QED) is 0.619. The van der Waals surface area contributed by atoms with Crippen molar-refractivity contribution in [2.24, 2.45) is 0 Å². The molecule has 0 bridgehead atoms. The summed E-state index contributed by atoms with van der Waals surface area (Å²) in [5.41, 5.74) is 0.911. The van der Waals surface area contributed by atoms with Crippen molar-refractivity contribution in [2.75, 3.05) is 0 Å². The van der Waals surface area contributed by atoms with E-state index in [2.05, 4.69) is 22.9 Å². The van der Waals surface area contributed by atoms with Crippen molar-refractivity contribution < 1.29 is 42.8 Å². The Hall–Kier alpha value is 0.920. The van der Waals surface area contributed by atoms with Gasteiger partial charge in [0.1, 0.15) is 0 Å². The van der Waals surface area contributed by atoms with Crippen molar-refractivity contribution in [3.8, 4) is 0 Å². The van der Waals surface area contributed by atoms with Gasteiger partial charge >= 0.3 is 0 Å². The number of hydrogen-bond donors (Lipinski definition) is 1. The standard InChI is InChI=1S/C9H10BrO.Ho/c1-2-9(11)7-4-3-5-8(10)6-7;/h3-6,9,11H,1-2H2;/q-1;/t9-;/m1./s1. The molecule has 3 heteroatoms. The predicted octanol–water partition coefficient (Wildman–Crippen LogP) is 2.71. The van der Waals surface area contributed by atoms with Gasteiger partial charge < -0.3 is 12.0 Å². The van der Waals surface area contributed by atoms with E-state index in [9.17, 15) is 5.11 Å². The maximum Gasteiger partial charge on any atom is 0.0520 e. The van der Waals surface area contributed by atoms with E-state index in [-0.39, 0.29) is 37.7 Å². The molecular weight excluding hydrogens is 369 g/mol. The van der Waals surface area contributed by atoms with E-state index in [1.54, 1.807) is 0 Å². The van der Waals surface area contributed by atoms with Crippen LogP contribution in [-0.4, -0.2) is 5.11 Å². The minimum absolute atomic E-state index is 0. The molecule has 1 nitrogen and oxygen atoms in total. The van der Waals surface area contributed by atoms with Gasteiger partial charge in [-0.15, -0.1) is 0 Å². The molecule has 0 aliphatic carbocycles. The van der Waals surface area contributed by atoms with Gasteiger partial charge in [-0.05, 0) is 17.7 Å². The molecule has 1 N–H and O–H groups in total. The number of aliphatic hydroxyl groups excluding tert-OH is 1. The molecule has 71 valence electrons. The Morgan fingerprint density at radius 2 is 2.17 bits per heavy atom. The maximum atomic E-state index is 9.37. The smallest absolute Gasteiger partial charge is 0.0520 e. The SMILES string of the molecule is [CH2-]C[C@@H](O)c1cccc(Br)c1.[Ho]. The number of hydrogen-bond acceptors (Lipinski definition) is 1. The second-order valence-electron chi connectivity index (χ2n) is 2.36. The van der Waals surface area contributed by atoms with Crippen LogP contribution in [0.25, 0.3) is 0 Å². The molecular formula is C9H10BrHoO-. The first-order valence-electron chi connectivity index (χ1n) is 3.47. The Balaban J connectivity index is 0.00000121. The Morgan fingerprint density at radius 1 is 1.50 bits per heavy atom. The molecule has 1 rings (SSSR count). The Labute approximate surface area is 111 Å². The number of aliphatic hydroxyl groups is 1. The van der Waals surface area contributed by atoms with Gasteiger partial charge in [-0.3, -0.25) is 0 Å². The van der Waals surface area contributed by atoms with Crippen molar-refractivity contribution in [3.63, 3.8) is 0 Å². The first kappa shape index (κ1) is 12.9. The zero-order valence-corrected chi connectivity index (χ0v) is 9.95. The van der Waals surface area contributed by atoms with Crippen LogP contribution in [0.2, 0.25) is 0 Å². The summed E-state index contributed by atoms with van der Waals surface area (Å²) < 4.78 is 0.988. The predicted molar refractivity (Wildman–Crippen MR) is 49.1 cm³/mol. The summed E-state index contributed by atoms with van der Waals surface area (Å²) in [5.74, 6) is 0. The summed E-state index contributed by atoms with van der Waals surface area (Å²) in [6.45, 7) is 3.63. The van der Waals surface area contributed by atoms with Gasteiger partial charge in [0.2, 0.25) is 0 Å². The molecule has 1 aromatic rings. The topological polar surface area (TPSA) is 20.2 Å². The number of rotatable bonds is 2. The second-order valence-corrected chi connectivity index (χ2v) is 3.28. The average Bonchev–Trinajstić information content (AvgIpc) is 2.03. The van der Waals surface area contributed by atoms with Crippen molar-refractivity contribution >= 4 is 15.9 Å². The number of benzene rings is 1. The first-order chi connectivity index (χ1) is 5.24. The van der Waals surface area contributed by atoms with E-state index in [1.807, 2.05) is 24.3 Å². The molecule has 1 atom stereocenters. The van der Waals surface area contributed by atoms with Crippen LogP contribution < -0.4 is 0 Å². The Kier molecular flexibility index (Phi) is 6.87. The van der Waals surface area contributed by atoms with Gasteiger partial charge in [-0.25, -0.2) is 0 Å². The van der Waals surface area contributed by atoms with Gasteiger partial charge in [0, 0.05) is 42.2 Å². The summed E-state index contributed by atoms with van der Waals surface area (Å²) in [6, 6.07) is 7.62. The molecule has 1 aromatic carbocycles. The number of halogens is 1. The van der Waals surface area contributed by atoms with Crippen LogP contribution in [0.15, 0.2) is 28.7 Å². The summed E-state index contributed by atoms with van der Waals surface area (Å²) in [5, 5.41) is 9.37. The van der Waals surface area contributed by atoms with E-state index in [4.69, 9.17) is 0 Å². The van der Waals surface area contributed by atoms with Gasteiger partial charge in [-0.1, -0.05) is 28.1 Å². The summed E-state index contributed by atoms with van der Waals surface area (Å²) in [4.78, 5) is 0. The molecule has 0 saturated carbocycles.